The van der Waals surface area contributed by atoms with Crippen molar-refractivity contribution in [3.8, 4) is 0 Å². The topological polar surface area (TPSA) is 52.6 Å². The second-order valence-electron chi connectivity index (χ2n) is 5.16. The van der Waals surface area contributed by atoms with Gasteiger partial charge in [0.25, 0.3) is 0 Å². The number of carbonyl (C=O) groups is 1. The number of rotatable bonds is 4. The summed E-state index contributed by atoms with van der Waals surface area (Å²) >= 11 is 5.86. The van der Waals surface area contributed by atoms with Gasteiger partial charge in [0.1, 0.15) is 5.82 Å². The minimum absolute atomic E-state index is 0.0180. The third-order valence-corrected chi connectivity index (χ3v) is 4.05. The molecule has 1 amide bonds. The summed E-state index contributed by atoms with van der Waals surface area (Å²) in [5.74, 6) is -0.282. The van der Waals surface area contributed by atoms with Crippen LogP contribution in [-0.4, -0.2) is 41.7 Å². The second kappa shape index (κ2) is 6.52. The van der Waals surface area contributed by atoms with Crippen molar-refractivity contribution in [2.75, 3.05) is 25.0 Å². The van der Waals surface area contributed by atoms with Crippen LogP contribution < -0.4 is 5.32 Å². The molecule has 20 heavy (non-hydrogen) atoms. The Balaban J connectivity index is 1.95. The van der Waals surface area contributed by atoms with Crippen molar-refractivity contribution in [3.63, 3.8) is 0 Å². The molecule has 110 valence electrons. The summed E-state index contributed by atoms with van der Waals surface area (Å²) < 4.78 is 12.9. The molecule has 0 aliphatic carbocycles. The Morgan fingerprint density at radius 1 is 1.60 bits per heavy atom. The van der Waals surface area contributed by atoms with E-state index in [0.717, 1.165) is 19.0 Å². The number of hydrogen-bond donors (Lipinski definition) is 2. The number of aliphatic hydroxyl groups is 1. The van der Waals surface area contributed by atoms with Crippen molar-refractivity contribution in [1.29, 1.82) is 0 Å². The zero-order chi connectivity index (χ0) is 14.7. The van der Waals surface area contributed by atoms with Gasteiger partial charge in [0.15, 0.2) is 0 Å². The summed E-state index contributed by atoms with van der Waals surface area (Å²) in [4.78, 5) is 13.9. The summed E-state index contributed by atoms with van der Waals surface area (Å²) in [6.07, 6.45) is 0.968. The maximum absolute atomic E-state index is 12.9. The zero-order valence-electron chi connectivity index (χ0n) is 11.3. The highest BCUT2D eigenvalue weighted by Gasteiger charge is 2.31. The summed E-state index contributed by atoms with van der Waals surface area (Å²) in [7, 11) is 0. The lowest BCUT2D eigenvalue weighted by Gasteiger charge is -2.24. The Morgan fingerprint density at radius 3 is 3.00 bits per heavy atom. The molecule has 2 rings (SSSR count). The van der Waals surface area contributed by atoms with Crippen LogP contribution in [0.1, 0.15) is 13.3 Å². The number of nitrogens with one attached hydrogen (secondary N) is 1. The van der Waals surface area contributed by atoms with E-state index >= 15 is 0 Å². The fourth-order valence-electron chi connectivity index (χ4n) is 2.54. The van der Waals surface area contributed by atoms with Crippen molar-refractivity contribution in [2.24, 2.45) is 5.92 Å². The van der Waals surface area contributed by atoms with E-state index < -0.39 is 5.82 Å². The fraction of sp³-hybridized carbons (Fsp3) is 0.500. The summed E-state index contributed by atoms with van der Waals surface area (Å²) in [6.45, 7) is 3.10. The molecule has 1 heterocycles. The average Bonchev–Trinajstić information content (AvgIpc) is 2.73. The van der Waals surface area contributed by atoms with Crippen molar-refractivity contribution >= 4 is 23.2 Å². The first-order valence-corrected chi connectivity index (χ1v) is 6.99. The standard InChI is InChI=1S/C14H18ClFN2O2/c1-9-4-5-18(13(9)8-19)7-14(20)17-12-3-2-10(16)6-11(12)15/h2-3,6,9,13,19H,4-5,7-8H2,1H3,(H,17,20). The minimum Gasteiger partial charge on any atom is -0.395 e. The van der Waals surface area contributed by atoms with E-state index in [0.29, 0.717) is 11.6 Å². The van der Waals surface area contributed by atoms with Crippen LogP contribution in [0.4, 0.5) is 10.1 Å². The lowest BCUT2D eigenvalue weighted by atomic mass is 10.0. The van der Waals surface area contributed by atoms with E-state index in [2.05, 4.69) is 12.2 Å². The first-order valence-electron chi connectivity index (χ1n) is 6.61. The Morgan fingerprint density at radius 2 is 2.35 bits per heavy atom. The van der Waals surface area contributed by atoms with Gasteiger partial charge in [-0.1, -0.05) is 18.5 Å². The van der Waals surface area contributed by atoms with Gasteiger partial charge in [-0.2, -0.15) is 0 Å². The maximum Gasteiger partial charge on any atom is 0.238 e. The molecule has 0 aromatic heterocycles. The number of nitrogens with zero attached hydrogens (tertiary/aromatic N) is 1. The Bertz CT molecular complexity index is 498. The number of anilines is 1. The molecular weight excluding hydrogens is 283 g/mol. The third-order valence-electron chi connectivity index (χ3n) is 3.74. The van der Waals surface area contributed by atoms with Crippen LogP contribution in [0.2, 0.25) is 5.02 Å². The molecule has 1 fully saturated rings. The van der Waals surface area contributed by atoms with Gasteiger partial charge in [0.05, 0.1) is 23.9 Å². The molecule has 1 aliphatic rings. The van der Waals surface area contributed by atoms with Crippen LogP contribution in [0.15, 0.2) is 18.2 Å². The SMILES string of the molecule is CC1CCN(CC(=O)Nc2ccc(F)cc2Cl)C1CO. The van der Waals surface area contributed by atoms with Crippen LogP contribution >= 0.6 is 11.6 Å². The van der Waals surface area contributed by atoms with Crippen LogP contribution in [0.5, 0.6) is 0 Å². The number of amides is 1. The first kappa shape index (κ1) is 15.2. The van der Waals surface area contributed by atoms with Gasteiger partial charge < -0.3 is 10.4 Å². The second-order valence-corrected chi connectivity index (χ2v) is 5.57. The molecule has 1 aliphatic heterocycles. The summed E-state index contributed by atoms with van der Waals surface area (Å²) in [6, 6.07) is 3.86. The molecule has 2 unspecified atom stereocenters. The highest BCUT2D eigenvalue weighted by atomic mass is 35.5. The molecular formula is C14H18ClFN2O2. The van der Waals surface area contributed by atoms with E-state index in [9.17, 15) is 14.3 Å². The van der Waals surface area contributed by atoms with Gasteiger partial charge in [-0.25, -0.2) is 4.39 Å². The van der Waals surface area contributed by atoms with Crippen molar-refractivity contribution in [1.82, 2.24) is 4.90 Å². The molecule has 1 aromatic carbocycles. The van der Waals surface area contributed by atoms with E-state index in [1.54, 1.807) is 0 Å². The number of halogens is 2. The van der Waals surface area contributed by atoms with E-state index in [1.807, 2.05) is 4.90 Å². The predicted molar refractivity (Wildman–Crippen MR) is 76.3 cm³/mol. The number of hydrogen-bond acceptors (Lipinski definition) is 3. The van der Waals surface area contributed by atoms with Gasteiger partial charge in [-0.3, -0.25) is 9.69 Å². The Labute approximate surface area is 122 Å². The lowest BCUT2D eigenvalue weighted by Crippen LogP contribution is -2.40. The average molecular weight is 301 g/mol. The van der Waals surface area contributed by atoms with Crippen molar-refractivity contribution in [2.45, 2.75) is 19.4 Å². The molecule has 1 aromatic rings. The third kappa shape index (κ3) is 3.48. The maximum atomic E-state index is 12.9. The van der Waals surface area contributed by atoms with Crippen LogP contribution in [0, 0.1) is 11.7 Å². The molecule has 6 heteroatoms. The van der Waals surface area contributed by atoms with Crippen molar-refractivity contribution in [3.05, 3.63) is 29.0 Å². The van der Waals surface area contributed by atoms with Gasteiger partial charge in [0, 0.05) is 6.04 Å². The summed E-state index contributed by atoms with van der Waals surface area (Å²) in [5, 5.41) is 12.2. The smallest absolute Gasteiger partial charge is 0.238 e. The molecule has 0 bridgehead atoms. The number of carbonyl (C=O) groups excluding carboxylic acids is 1. The van der Waals surface area contributed by atoms with Crippen molar-refractivity contribution < 1.29 is 14.3 Å². The Hall–Kier alpha value is -1.17. The van der Waals surface area contributed by atoms with Gasteiger partial charge in [-0.05, 0) is 37.1 Å². The molecule has 2 atom stereocenters. The molecule has 4 nitrogen and oxygen atoms in total. The predicted octanol–water partition coefficient (Wildman–Crippen LogP) is 2.12. The molecule has 2 N–H and O–H groups in total. The monoisotopic (exact) mass is 300 g/mol. The quantitative estimate of drug-likeness (QED) is 0.895. The Kier molecular flexibility index (Phi) is 4.96. The fourth-order valence-corrected chi connectivity index (χ4v) is 2.76. The molecule has 1 saturated heterocycles. The van der Waals surface area contributed by atoms with Gasteiger partial charge >= 0.3 is 0 Å². The molecule has 0 radical (unpaired) electrons. The number of benzene rings is 1. The van der Waals surface area contributed by atoms with E-state index in [4.69, 9.17) is 11.6 Å². The van der Waals surface area contributed by atoms with E-state index in [-0.39, 0.29) is 30.1 Å². The number of likely N-dealkylation sites (tertiary alicyclic amines) is 1. The minimum atomic E-state index is -0.443. The van der Waals surface area contributed by atoms with Crippen LogP contribution in [0.25, 0.3) is 0 Å². The van der Waals surface area contributed by atoms with Crippen LogP contribution in [-0.2, 0) is 4.79 Å². The van der Waals surface area contributed by atoms with Gasteiger partial charge in [0.2, 0.25) is 5.91 Å². The highest BCUT2D eigenvalue weighted by molar-refractivity contribution is 6.33. The molecule has 0 spiro atoms. The van der Waals surface area contributed by atoms with E-state index in [1.165, 1.54) is 12.1 Å². The summed E-state index contributed by atoms with van der Waals surface area (Å²) in [5.41, 5.74) is 0.394. The lowest BCUT2D eigenvalue weighted by molar-refractivity contribution is -0.117. The molecule has 0 saturated carbocycles. The largest absolute Gasteiger partial charge is 0.395 e. The van der Waals surface area contributed by atoms with Gasteiger partial charge in [-0.15, -0.1) is 0 Å². The zero-order valence-corrected chi connectivity index (χ0v) is 12.0. The number of aliphatic hydroxyl groups excluding tert-OH is 1. The normalized spacial score (nSPS) is 23.0. The highest BCUT2D eigenvalue weighted by Crippen LogP contribution is 2.24. The first-order chi connectivity index (χ1) is 9.51. The van der Waals surface area contributed by atoms with Crippen LogP contribution in [0.3, 0.4) is 0 Å².